The van der Waals surface area contributed by atoms with Gasteiger partial charge in [-0.25, -0.2) is 4.98 Å². The molecule has 1 N–H and O–H groups in total. The molecule has 0 bridgehead atoms. The van der Waals surface area contributed by atoms with Gasteiger partial charge in [0.25, 0.3) is 0 Å². The van der Waals surface area contributed by atoms with Gasteiger partial charge in [-0.15, -0.1) is 0 Å². The molecular formula is C22H24N2O2S. The molecule has 0 saturated heterocycles. The van der Waals surface area contributed by atoms with Crippen LogP contribution in [0, 0.1) is 6.92 Å². The molecule has 1 aromatic heterocycles. The summed E-state index contributed by atoms with van der Waals surface area (Å²) in [5.41, 5.74) is 4.01. The Balaban J connectivity index is 1.68. The van der Waals surface area contributed by atoms with Gasteiger partial charge in [-0.05, 0) is 48.2 Å². The van der Waals surface area contributed by atoms with Crippen molar-refractivity contribution < 1.29 is 9.53 Å². The lowest BCUT2D eigenvalue weighted by molar-refractivity contribution is -0.113. The minimum atomic E-state index is -0.0446. The van der Waals surface area contributed by atoms with Crippen molar-refractivity contribution in [3.05, 3.63) is 59.7 Å². The van der Waals surface area contributed by atoms with Gasteiger partial charge in [0.05, 0.1) is 17.9 Å². The first-order valence-electron chi connectivity index (χ1n) is 8.95. The highest BCUT2D eigenvalue weighted by atomic mass is 32.2. The molecule has 2 aromatic carbocycles. The molecule has 5 heteroatoms. The Hall–Kier alpha value is -2.53. The van der Waals surface area contributed by atoms with Crippen molar-refractivity contribution in [3.63, 3.8) is 0 Å². The molecule has 3 rings (SSSR count). The number of methoxy groups -OCH3 is 1. The summed E-state index contributed by atoms with van der Waals surface area (Å²) in [7, 11) is 1.64. The van der Waals surface area contributed by atoms with Gasteiger partial charge >= 0.3 is 0 Å². The molecule has 1 heterocycles. The van der Waals surface area contributed by atoms with Crippen LogP contribution < -0.4 is 10.1 Å². The van der Waals surface area contributed by atoms with Crippen LogP contribution in [0.2, 0.25) is 0 Å². The maximum Gasteiger partial charge on any atom is 0.234 e. The van der Waals surface area contributed by atoms with E-state index in [1.165, 1.54) is 17.3 Å². The molecule has 0 aliphatic rings. The van der Waals surface area contributed by atoms with Crippen molar-refractivity contribution in [2.24, 2.45) is 0 Å². The summed E-state index contributed by atoms with van der Waals surface area (Å²) in [5, 5.41) is 4.82. The quantitative estimate of drug-likeness (QED) is 0.581. The maximum atomic E-state index is 12.3. The van der Waals surface area contributed by atoms with Crippen molar-refractivity contribution in [2.75, 3.05) is 18.2 Å². The lowest BCUT2D eigenvalue weighted by Gasteiger charge is -2.10. The number of nitrogens with zero attached hydrogens (tertiary/aromatic N) is 1. The fraction of sp³-hybridized carbons (Fsp3) is 0.273. The number of aromatic nitrogens is 1. The number of carbonyl (C=O) groups is 1. The van der Waals surface area contributed by atoms with E-state index in [0.717, 1.165) is 32.9 Å². The molecule has 0 fully saturated rings. The first kappa shape index (κ1) is 19.2. The van der Waals surface area contributed by atoms with Crippen LogP contribution in [0.15, 0.2) is 53.6 Å². The number of hydrogen-bond acceptors (Lipinski definition) is 4. The van der Waals surface area contributed by atoms with E-state index < -0.39 is 0 Å². The number of anilines is 1. The number of amides is 1. The molecule has 0 aliphatic heterocycles. The standard InChI is InChI=1S/C22H24N2O2S/c1-14(2)16-8-10-17(11-9-16)23-20(25)13-27-21-12-15(3)18-6-5-7-19(26-4)22(18)24-21/h5-12,14H,13H2,1-4H3,(H,23,25). The Labute approximate surface area is 164 Å². The Morgan fingerprint density at radius 3 is 2.59 bits per heavy atom. The minimum absolute atomic E-state index is 0.0446. The van der Waals surface area contributed by atoms with E-state index >= 15 is 0 Å². The third-order valence-corrected chi connectivity index (χ3v) is 5.33. The van der Waals surface area contributed by atoms with Crippen LogP contribution >= 0.6 is 11.8 Å². The second kappa shape index (κ2) is 8.44. The normalized spacial score (nSPS) is 11.0. The fourth-order valence-electron chi connectivity index (χ4n) is 2.89. The van der Waals surface area contributed by atoms with Gasteiger partial charge in [0.1, 0.15) is 11.3 Å². The molecule has 4 nitrogen and oxygen atoms in total. The second-order valence-corrected chi connectivity index (χ2v) is 7.74. The van der Waals surface area contributed by atoms with Crippen LogP contribution in [0.25, 0.3) is 10.9 Å². The summed E-state index contributed by atoms with van der Waals surface area (Å²) in [6.45, 7) is 6.35. The number of fused-ring (bicyclic) bond motifs is 1. The zero-order chi connectivity index (χ0) is 19.4. The van der Waals surface area contributed by atoms with Crippen LogP contribution in [0.5, 0.6) is 5.75 Å². The van der Waals surface area contributed by atoms with Gasteiger partial charge in [0, 0.05) is 11.1 Å². The molecular weight excluding hydrogens is 356 g/mol. The Kier molecular flexibility index (Phi) is 6.01. The monoisotopic (exact) mass is 380 g/mol. The average Bonchev–Trinajstić information content (AvgIpc) is 2.66. The zero-order valence-electron chi connectivity index (χ0n) is 16.1. The van der Waals surface area contributed by atoms with E-state index in [1.807, 2.05) is 55.5 Å². The summed E-state index contributed by atoms with van der Waals surface area (Å²) in [6, 6.07) is 15.9. The number of thioether (sulfide) groups is 1. The zero-order valence-corrected chi connectivity index (χ0v) is 16.9. The van der Waals surface area contributed by atoms with E-state index in [2.05, 4.69) is 24.1 Å². The number of para-hydroxylation sites is 1. The molecule has 27 heavy (non-hydrogen) atoms. The second-order valence-electron chi connectivity index (χ2n) is 6.75. The number of pyridine rings is 1. The summed E-state index contributed by atoms with van der Waals surface area (Å²) in [4.78, 5) is 17.0. The predicted molar refractivity (Wildman–Crippen MR) is 113 cm³/mol. The average molecular weight is 381 g/mol. The molecule has 140 valence electrons. The van der Waals surface area contributed by atoms with Crippen molar-refractivity contribution >= 4 is 34.3 Å². The number of benzene rings is 2. The number of hydrogen-bond donors (Lipinski definition) is 1. The van der Waals surface area contributed by atoms with Crippen molar-refractivity contribution in [1.82, 2.24) is 4.98 Å². The molecule has 0 unspecified atom stereocenters. The Morgan fingerprint density at radius 1 is 1.19 bits per heavy atom. The first-order valence-corrected chi connectivity index (χ1v) is 9.93. The topological polar surface area (TPSA) is 51.2 Å². The number of nitrogens with one attached hydrogen (secondary N) is 1. The summed E-state index contributed by atoms with van der Waals surface area (Å²) in [6.07, 6.45) is 0. The van der Waals surface area contributed by atoms with Gasteiger partial charge in [-0.3, -0.25) is 4.79 Å². The Bertz CT molecular complexity index is 952. The molecule has 0 aliphatic carbocycles. The van der Waals surface area contributed by atoms with Crippen LogP contribution in [0.4, 0.5) is 5.69 Å². The minimum Gasteiger partial charge on any atom is -0.494 e. The molecule has 0 radical (unpaired) electrons. The van der Waals surface area contributed by atoms with Gasteiger partial charge in [0.2, 0.25) is 5.91 Å². The van der Waals surface area contributed by atoms with Crippen LogP contribution in [-0.2, 0) is 4.79 Å². The third kappa shape index (κ3) is 4.61. The lowest BCUT2D eigenvalue weighted by Crippen LogP contribution is -2.14. The van der Waals surface area contributed by atoms with Crippen LogP contribution in [0.3, 0.4) is 0 Å². The highest BCUT2D eigenvalue weighted by molar-refractivity contribution is 7.99. The Morgan fingerprint density at radius 2 is 1.93 bits per heavy atom. The molecule has 1 amide bonds. The van der Waals surface area contributed by atoms with Gasteiger partial charge < -0.3 is 10.1 Å². The van der Waals surface area contributed by atoms with Gasteiger partial charge in [0.15, 0.2) is 0 Å². The van der Waals surface area contributed by atoms with E-state index in [0.29, 0.717) is 11.7 Å². The smallest absolute Gasteiger partial charge is 0.234 e. The highest BCUT2D eigenvalue weighted by Gasteiger charge is 2.10. The first-order chi connectivity index (χ1) is 13.0. The molecule has 0 spiro atoms. The third-order valence-electron chi connectivity index (χ3n) is 4.42. The number of aryl methyl sites for hydroxylation is 1. The molecule has 3 aromatic rings. The van der Waals surface area contributed by atoms with Gasteiger partial charge in [-0.2, -0.15) is 0 Å². The van der Waals surface area contributed by atoms with E-state index in [9.17, 15) is 4.79 Å². The van der Waals surface area contributed by atoms with Crippen LogP contribution in [0.1, 0.15) is 30.9 Å². The van der Waals surface area contributed by atoms with E-state index in [4.69, 9.17) is 4.74 Å². The number of rotatable bonds is 6. The van der Waals surface area contributed by atoms with E-state index in [1.54, 1.807) is 7.11 Å². The lowest BCUT2D eigenvalue weighted by atomic mass is 10.0. The van der Waals surface area contributed by atoms with E-state index in [-0.39, 0.29) is 5.91 Å². The van der Waals surface area contributed by atoms with Crippen molar-refractivity contribution in [3.8, 4) is 5.75 Å². The van der Waals surface area contributed by atoms with Gasteiger partial charge in [-0.1, -0.05) is 49.9 Å². The number of carbonyl (C=O) groups excluding carboxylic acids is 1. The van der Waals surface area contributed by atoms with Crippen LogP contribution in [-0.4, -0.2) is 23.8 Å². The fourth-order valence-corrected chi connectivity index (χ4v) is 3.65. The largest absolute Gasteiger partial charge is 0.494 e. The van der Waals surface area contributed by atoms with Crippen molar-refractivity contribution in [2.45, 2.75) is 31.7 Å². The number of ether oxygens (including phenoxy) is 1. The maximum absolute atomic E-state index is 12.3. The summed E-state index contributed by atoms with van der Waals surface area (Å²) < 4.78 is 5.42. The highest BCUT2D eigenvalue weighted by Crippen LogP contribution is 2.29. The summed E-state index contributed by atoms with van der Waals surface area (Å²) >= 11 is 1.43. The predicted octanol–water partition coefficient (Wildman–Crippen LogP) is 5.41. The summed E-state index contributed by atoms with van der Waals surface area (Å²) in [5.74, 6) is 1.48. The molecule has 0 atom stereocenters. The van der Waals surface area contributed by atoms with Crippen molar-refractivity contribution in [1.29, 1.82) is 0 Å². The SMILES string of the molecule is COc1cccc2c(C)cc(SCC(=O)Nc3ccc(C(C)C)cc3)nc12. The molecule has 0 saturated carbocycles.